The summed E-state index contributed by atoms with van der Waals surface area (Å²) in [4.78, 5) is 26.5. The van der Waals surface area contributed by atoms with E-state index in [0.717, 1.165) is 57.6 Å². The first-order chi connectivity index (χ1) is 21.6. The van der Waals surface area contributed by atoms with Gasteiger partial charge in [0.25, 0.3) is 0 Å². The molecule has 4 aromatic rings. The molecule has 8 nitrogen and oxygen atoms in total. The van der Waals surface area contributed by atoms with Crippen LogP contribution in [0.2, 0.25) is 0 Å². The van der Waals surface area contributed by atoms with Gasteiger partial charge in [-0.3, -0.25) is 4.68 Å². The molecule has 1 aliphatic carbocycles. The fourth-order valence-electron chi connectivity index (χ4n) is 6.97. The van der Waals surface area contributed by atoms with Gasteiger partial charge < -0.3 is 18.8 Å². The first kappa shape index (κ1) is 30.7. The lowest BCUT2D eigenvalue weighted by Gasteiger charge is -2.24. The fourth-order valence-corrected chi connectivity index (χ4v) is 6.97. The first-order valence-corrected chi connectivity index (χ1v) is 16.1. The predicted molar refractivity (Wildman–Crippen MR) is 177 cm³/mol. The van der Waals surface area contributed by atoms with Crippen LogP contribution in [0.25, 0.3) is 33.8 Å². The van der Waals surface area contributed by atoms with Crippen LogP contribution in [0.5, 0.6) is 5.75 Å². The van der Waals surface area contributed by atoms with E-state index in [4.69, 9.17) is 14.2 Å². The molecule has 0 radical (unpaired) electrons. The Kier molecular flexibility index (Phi) is 8.33. The Bertz CT molecular complexity index is 1800. The molecule has 1 saturated carbocycles. The predicted octanol–water partition coefficient (Wildman–Crippen LogP) is 8.27. The second-order valence-corrected chi connectivity index (χ2v) is 13.0. The highest BCUT2D eigenvalue weighted by molar-refractivity contribution is 6.03. The number of nitrogens with zero attached hydrogens (tertiary/aromatic N) is 3. The van der Waals surface area contributed by atoms with Gasteiger partial charge in [-0.15, -0.1) is 0 Å². The number of hydrogen-bond donors (Lipinski definition) is 0. The van der Waals surface area contributed by atoms with Crippen LogP contribution in [0, 0.1) is 0 Å². The van der Waals surface area contributed by atoms with Gasteiger partial charge in [-0.25, -0.2) is 9.59 Å². The summed E-state index contributed by atoms with van der Waals surface area (Å²) in [7, 11) is 1.68. The Labute approximate surface area is 265 Å². The van der Waals surface area contributed by atoms with E-state index in [9.17, 15) is 9.59 Å². The van der Waals surface area contributed by atoms with Crippen molar-refractivity contribution in [1.29, 1.82) is 0 Å². The molecular formula is C37H43N3O5. The number of aromatic nitrogens is 3. The normalized spacial score (nSPS) is 15.2. The minimum Gasteiger partial charge on any atom is -0.497 e. The minimum atomic E-state index is -0.606. The highest BCUT2D eigenvalue weighted by atomic mass is 16.6. The second kappa shape index (κ2) is 12.2. The van der Waals surface area contributed by atoms with Gasteiger partial charge in [-0.2, -0.15) is 5.10 Å². The number of methoxy groups -OCH3 is 1. The molecular weight excluding hydrogens is 566 g/mol. The molecule has 2 aromatic carbocycles. The van der Waals surface area contributed by atoms with Gasteiger partial charge in [0.2, 0.25) is 0 Å². The summed E-state index contributed by atoms with van der Waals surface area (Å²) in [6.45, 7) is 10.8. The van der Waals surface area contributed by atoms with Crippen molar-refractivity contribution < 1.29 is 23.8 Å². The molecule has 236 valence electrons. The van der Waals surface area contributed by atoms with Crippen LogP contribution in [-0.2, 0) is 22.6 Å². The van der Waals surface area contributed by atoms with Crippen molar-refractivity contribution in [3.63, 3.8) is 0 Å². The third-order valence-electron chi connectivity index (χ3n) is 8.86. The maximum Gasteiger partial charge on any atom is 0.341 e. The van der Waals surface area contributed by atoms with Crippen molar-refractivity contribution in [3.8, 4) is 17.0 Å². The van der Waals surface area contributed by atoms with Crippen molar-refractivity contribution in [3.05, 3.63) is 70.5 Å². The summed E-state index contributed by atoms with van der Waals surface area (Å²) in [5.41, 5.74) is 7.59. The first-order valence-electron chi connectivity index (χ1n) is 16.1. The molecule has 0 N–H and O–H groups in total. The fraction of sp³-hybridized carbons (Fsp3) is 0.432. The number of carbonyl (C=O) groups is 2. The molecule has 0 spiro atoms. The summed E-state index contributed by atoms with van der Waals surface area (Å²) in [6, 6.07) is 12.2. The maximum absolute atomic E-state index is 13.3. The van der Waals surface area contributed by atoms with Crippen LogP contribution in [0.1, 0.15) is 110 Å². The third kappa shape index (κ3) is 5.78. The SMILES string of the molecule is CCOC(=O)c1cnn(CC)c1C1=Cc2cc(OC)ccc2-c2c(C3CCCCC3)c3ccc(C(=O)OC(C)(C)C)cc3n2C1. The van der Waals surface area contributed by atoms with E-state index in [1.807, 2.05) is 57.5 Å². The summed E-state index contributed by atoms with van der Waals surface area (Å²) >= 11 is 0. The van der Waals surface area contributed by atoms with Crippen LogP contribution < -0.4 is 4.74 Å². The van der Waals surface area contributed by atoms with Gasteiger partial charge in [0.1, 0.15) is 16.9 Å². The number of hydrogen-bond acceptors (Lipinski definition) is 6. The lowest BCUT2D eigenvalue weighted by atomic mass is 9.81. The Balaban J connectivity index is 1.65. The number of carbonyl (C=O) groups excluding carboxylic acids is 2. The highest BCUT2D eigenvalue weighted by Gasteiger charge is 2.32. The summed E-state index contributed by atoms with van der Waals surface area (Å²) < 4.78 is 21.1. The standard InChI is InChI=1S/C37H43N3O5/c1-7-40-33(30(21-38-40)36(42)44-8-2)26-18-25-19-27(43-6)15-17-28(25)34-32(23-12-10-9-11-13-23)29-16-14-24(20-31(29)39(34)22-26)35(41)45-37(3,4)5/h14-21,23H,7-13,22H2,1-6H3. The Morgan fingerprint density at radius 3 is 2.44 bits per heavy atom. The van der Waals surface area contributed by atoms with Gasteiger partial charge in [0.15, 0.2) is 0 Å². The molecule has 1 aliphatic heterocycles. The molecule has 8 heteroatoms. The highest BCUT2D eigenvalue weighted by Crippen LogP contribution is 2.48. The van der Waals surface area contributed by atoms with Crippen molar-refractivity contribution in [1.82, 2.24) is 14.3 Å². The van der Waals surface area contributed by atoms with Gasteiger partial charge in [-0.1, -0.05) is 25.3 Å². The largest absolute Gasteiger partial charge is 0.497 e. The van der Waals surface area contributed by atoms with Crippen molar-refractivity contribution >= 4 is 34.5 Å². The smallest absolute Gasteiger partial charge is 0.341 e. The number of fused-ring (bicyclic) bond motifs is 5. The van der Waals surface area contributed by atoms with Gasteiger partial charge in [-0.05, 0) is 106 Å². The van der Waals surface area contributed by atoms with E-state index in [0.29, 0.717) is 30.1 Å². The average Bonchev–Trinajstić information content (AvgIpc) is 3.54. The van der Waals surface area contributed by atoms with Gasteiger partial charge in [0, 0.05) is 23.0 Å². The Morgan fingerprint density at radius 1 is 0.978 bits per heavy atom. The molecule has 0 amide bonds. The number of rotatable bonds is 7. The number of aryl methyl sites for hydroxylation is 1. The zero-order valence-electron chi connectivity index (χ0n) is 27.2. The number of allylic oxidation sites excluding steroid dienone is 1. The van der Waals surface area contributed by atoms with E-state index in [1.54, 1.807) is 13.3 Å². The number of esters is 2. The number of ether oxygens (including phenoxy) is 3. The van der Waals surface area contributed by atoms with Crippen LogP contribution in [-0.4, -0.2) is 45.6 Å². The van der Waals surface area contributed by atoms with Gasteiger partial charge >= 0.3 is 11.9 Å². The minimum absolute atomic E-state index is 0.277. The molecule has 0 atom stereocenters. The van der Waals surface area contributed by atoms with E-state index in [1.165, 1.54) is 24.8 Å². The zero-order valence-corrected chi connectivity index (χ0v) is 27.2. The van der Waals surface area contributed by atoms with Crippen molar-refractivity contribution in [2.24, 2.45) is 0 Å². The third-order valence-corrected chi connectivity index (χ3v) is 8.86. The molecule has 3 heterocycles. The Hall–Kier alpha value is -4.33. The molecule has 2 aromatic heterocycles. The zero-order chi connectivity index (χ0) is 31.9. The lowest BCUT2D eigenvalue weighted by Crippen LogP contribution is -2.23. The van der Waals surface area contributed by atoms with Crippen LogP contribution >= 0.6 is 0 Å². The van der Waals surface area contributed by atoms with Crippen LogP contribution in [0.3, 0.4) is 0 Å². The monoisotopic (exact) mass is 609 g/mol. The van der Waals surface area contributed by atoms with Crippen LogP contribution in [0.4, 0.5) is 0 Å². The molecule has 2 aliphatic rings. The maximum atomic E-state index is 13.3. The lowest BCUT2D eigenvalue weighted by molar-refractivity contribution is 0.00694. The topological polar surface area (TPSA) is 84.6 Å². The molecule has 0 bridgehead atoms. The Morgan fingerprint density at radius 2 is 1.76 bits per heavy atom. The van der Waals surface area contributed by atoms with Gasteiger partial charge in [0.05, 0.1) is 43.4 Å². The summed E-state index contributed by atoms with van der Waals surface area (Å²) in [6.07, 6.45) is 9.67. The van der Waals surface area contributed by atoms with Crippen molar-refractivity contribution in [2.45, 2.75) is 91.3 Å². The van der Waals surface area contributed by atoms with E-state index < -0.39 is 11.6 Å². The number of benzene rings is 2. The van der Waals surface area contributed by atoms with E-state index in [-0.39, 0.29) is 12.6 Å². The summed E-state index contributed by atoms with van der Waals surface area (Å²) in [5, 5.41) is 5.74. The molecule has 45 heavy (non-hydrogen) atoms. The van der Waals surface area contributed by atoms with E-state index in [2.05, 4.69) is 33.9 Å². The van der Waals surface area contributed by atoms with Crippen LogP contribution in [0.15, 0.2) is 42.6 Å². The molecule has 6 rings (SSSR count). The molecule has 1 fully saturated rings. The second-order valence-electron chi connectivity index (χ2n) is 13.0. The van der Waals surface area contributed by atoms with Crippen molar-refractivity contribution in [2.75, 3.05) is 13.7 Å². The molecule has 0 saturated heterocycles. The quantitative estimate of drug-likeness (QED) is 0.196. The average molecular weight is 610 g/mol. The molecule has 0 unspecified atom stereocenters. The summed E-state index contributed by atoms with van der Waals surface area (Å²) in [5.74, 6) is 0.422. The van der Waals surface area contributed by atoms with E-state index >= 15 is 0 Å².